The molecule has 2 nitrogen and oxygen atoms in total. The molecule has 0 saturated carbocycles. The molecule has 1 N–H and O–H groups in total. The third-order valence-electron chi connectivity index (χ3n) is 3.67. The van der Waals surface area contributed by atoms with E-state index in [1.54, 1.807) is 12.1 Å². The largest absolute Gasteiger partial charge is 0.381 e. The molecule has 0 aromatic heterocycles. The van der Waals surface area contributed by atoms with Gasteiger partial charge in [-0.25, -0.2) is 4.39 Å². The SMILES string of the molecule is CC(c1ccccc1Cl)N(C)CCNc1ccccc1F. The molecule has 4 heteroatoms. The topological polar surface area (TPSA) is 15.3 Å². The second-order valence-corrected chi connectivity index (χ2v) is 5.49. The zero-order valence-electron chi connectivity index (χ0n) is 12.3. The average molecular weight is 307 g/mol. The minimum atomic E-state index is -0.223. The molecule has 21 heavy (non-hydrogen) atoms. The van der Waals surface area contributed by atoms with Gasteiger partial charge in [-0.2, -0.15) is 0 Å². The second kappa shape index (κ2) is 7.43. The predicted molar refractivity (Wildman–Crippen MR) is 87.4 cm³/mol. The Morgan fingerprint density at radius 3 is 2.52 bits per heavy atom. The lowest BCUT2D eigenvalue weighted by Crippen LogP contribution is -2.28. The summed E-state index contributed by atoms with van der Waals surface area (Å²) in [5, 5.41) is 3.89. The predicted octanol–water partition coefficient (Wildman–Crippen LogP) is 4.58. The fourth-order valence-electron chi connectivity index (χ4n) is 2.22. The zero-order valence-corrected chi connectivity index (χ0v) is 13.1. The quantitative estimate of drug-likeness (QED) is 0.840. The van der Waals surface area contributed by atoms with Crippen LogP contribution in [0.5, 0.6) is 0 Å². The average Bonchev–Trinajstić information content (AvgIpc) is 2.49. The van der Waals surface area contributed by atoms with Crippen molar-refractivity contribution in [3.05, 3.63) is 64.9 Å². The number of nitrogens with zero attached hydrogens (tertiary/aromatic N) is 1. The number of halogens is 2. The van der Waals surface area contributed by atoms with Crippen LogP contribution in [0.1, 0.15) is 18.5 Å². The summed E-state index contributed by atoms with van der Waals surface area (Å²) in [4.78, 5) is 2.19. The molecule has 0 heterocycles. The summed E-state index contributed by atoms with van der Waals surface area (Å²) in [5.74, 6) is -0.223. The summed E-state index contributed by atoms with van der Waals surface area (Å²) in [6.07, 6.45) is 0. The van der Waals surface area contributed by atoms with Gasteiger partial charge in [-0.3, -0.25) is 4.90 Å². The Balaban J connectivity index is 1.89. The van der Waals surface area contributed by atoms with E-state index in [1.165, 1.54) is 6.07 Å². The monoisotopic (exact) mass is 306 g/mol. The summed E-state index contributed by atoms with van der Waals surface area (Å²) in [5.41, 5.74) is 1.64. The van der Waals surface area contributed by atoms with Crippen LogP contribution in [0.2, 0.25) is 5.02 Å². The molecule has 0 fully saturated rings. The summed E-state index contributed by atoms with van der Waals surface area (Å²) in [6.45, 7) is 3.58. The molecule has 0 aliphatic carbocycles. The van der Waals surface area contributed by atoms with Crippen LogP contribution in [-0.2, 0) is 0 Å². The van der Waals surface area contributed by atoms with Gasteiger partial charge >= 0.3 is 0 Å². The van der Waals surface area contributed by atoms with Crippen molar-refractivity contribution in [3.63, 3.8) is 0 Å². The third-order valence-corrected chi connectivity index (χ3v) is 4.01. The van der Waals surface area contributed by atoms with Gasteiger partial charge in [0, 0.05) is 24.2 Å². The van der Waals surface area contributed by atoms with Crippen molar-refractivity contribution in [3.8, 4) is 0 Å². The number of rotatable bonds is 6. The summed E-state index contributed by atoms with van der Waals surface area (Å²) in [7, 11) is 2.04. The molecular weight excluding hydrogens is 287 g/mol. The molecule has 1 unspecified atom stereocenters. The standard InChI is InChI=1S/C17H20ClFN2/c1-13(14-7-3-4-8-15(14)18)21(2)12-11-20-17-10-6-5-9-16(17)19/h3-10,13,20H,11-12H2,1-2H3. The van der Waals surface area contributed by atoms with E-state index in [0.29, 0.717) is 12.2 Å². The van der Waals surface area contributed by atoms with Crippen molar-refractivity contribution in [1.29, 1.82) is 0 Å². The van der Waals surface area contributed by atoms with Gasteiger partial charge in [0.15, 0.2) is 0 Å². The molecule has 0 aliphatic rings. The van der Waals surface area contributed by atoms with E-state index in [4.69, 9.17) is 11.6 Å². The van der Waals surface area contributed by atoms with Crippen LogP contribution in [0, 0.1) is 5.82 Å². The Labute approximate surface area is 130 Å². The van der Waals surface area contributed by atoms with Gasteiger partial charge in [0.1, 0.15) is 5.82 Å². The molecule has 0 aliphatic heterocycles. The number of anilines is 1. The van der Waals surface area contributed by atoms with Crippen LogP contribution in [0.4, 0.5) is 10.1 Å². The van der Waals surface area contributed by atoms with Crippen LogP contribution >= 0.6 is 11.6 Å². The lowest BCUT2D eigenvalue weighted by atomic mass is 10.1. The Hall–Kier alpha value is -1.58. The van der Waals surface area contributed by atoms with Gasteiger partial charge in [0.25, 0.3) is 0 Å². The number of benzene rings is 2. The number of likely N-dealkylation sites (N-methyl/N-ethyl adjacent to an activating group) is 1. The first kappa shape index (κ1) is 15.8. The maximum Gasteiger partial charge on any atom is 0.146 e. The van der Waals surface area contributed by atoms with Crippen molar-refractivity contribution in [2.45, 2.75) is 13.0 Å². The molecule has 0 radical (unpaired) electrons. The highest BCUT2D eigenvalue weighted by molar-refractivity contribution is 6.31. The number of para-hydroxylation sites is 1. The van der Waals surface area contributed by atoms with Gasteiger partial charge < -0.3 is 5.32 Å². The fourth-order valence-corrected chi connectivity index (χ4v) is 2.51. The maximum absolute atomic E-state index is 13.5. The number of hydrogen-bond donors (Lipinski definition) is 1. The first-order valence-electron chi connectivity index (χ1n) is 7.02. The maximum atomic E-state index is 13.5. The van der Waals surface area contributed by atoms with Gasteiger partial charge in [-0.15, -0.1) is 0 Å². The fraction of sp³-hybridized carbons (Fsp3) is 0.294. The summed E-state index contributed by atoms with van der Waals surface area (Å²) < 4.78 is 13.5. The molecule has 2 aromatic carbocycles. The summed E-state index contributed by atoms with van der Waals surface area (Å²) in [6, 6.07) is 14.8. The van der Waals surface area contributed by atoms with E-state index in [1.807, 2.05) is 37.4 Å². The van der Waals surface area contributed by atoms with E-state index >= 15 is 0 Å². The van der Waals surface area contributed by atoms with Gasteiger partial charge in [0.2, 0.25) is 0 Å². The van der Waals surface area contributed by atoms with E-state index in [9.17, 15) is 4.39 Å². The Morgan fingerprint density at radius 1 is 1.14 bits per heavy atom. The molecule has 2 aromatic rings. The molecule has 0 spiro atoms. The summed E-state index contributed by atoms with van der Waals surface area (Å²) >= 11 is 6.22. The number of hydrogen-bond acceptors (Lipinski definition) is 2. The highest BCUT2D eigenvalue weighted by atomic mass is 35.5. The second-order valence-electron chi connectivity index (χ2n) is 5.08. The molecule has 1 atom stereocenters. The Morgan fingerprint density at radius 2 is 1.81 bits per heavy atom. The zero-order chi connectivity index (χ0) is 15.2. The van der Waals surface area contributed by atoms with Crippen LogP contribution in [0.15, 0.2) is 48.5 Å². The van der Waals surface area contributed by atoms with Gasteiger partial charge in [-0.1, -0.05) is 41.9 Å². The van der Waals surface area contributed by atoms with Crippen LogP contribution in [0.25, 0.3) is 0 Å². The Kier molecular flexibility index (Phi) is 5.59. The minimum absolute atomic E-state index is 0.209. The highest BCUT2D eigenvalue weighted by Crippen LogP contribution is 2.25. The molecule has 0 bridgehead atoms. The van der Waals surface area contributed by atoms with Crippen molar-refractivity contribution < 1.29 is 4.39 Å². The molecule has 0 amide bonds. The van der Waals surface area contributed by atoms with Gasteiger partial charge in [-0.05, 0) is 37.7 Å². The highest BCUT2D eigenvalue weighted by Gasteiger charge is 2.13. The third kappa shape index (κ3) is 4.19. The molecular formula is C17H20ClFN2. The lowest BCUT2D eigenvalue weighted by molar-refractivity contribution is 0.271. The molecule has 0 saturated heterocycles. The smallest absolute Gasteiger partial charge is 0.146 e. The van der Waals surface area contributed by atoms with E-state index < -0.39 is 0 Å². The van der Waals surface area contributed by atoms with Crippen LogP contribution < -0.4 is 5.32 Å². The van der Waals surface area contributed by atoms with Crippen molar-refractivity contribution in [2.75, 3.05) is 25.5 Å². The van der Waals surface area contributed by atoms with E-state index in [2.05, 4.69) is 17.1 Å². The molecule has 112 valence electrons. The van der Waals surface area contributed by atoms with Gasteiger partial charge in [0.05, 0.1) is 5.69 Å². The first-order valence-corrected chi connectivity index (χ1v) is 7.40. The Bertz CT molecular complexity index is 589. The normalized spacial score (nSPS) is 12.4. The van der Waals surface area contributed by atoms with Crippen LogP contribution in [0.3, 0.4) is 0 Å². The molecule has 2 rings (SSSR count). The van der Waals surface area contributed by atoms with Crippen molar-refractivity contribution >= 4 is 17.3 Å². The van der Waals surface area contributed by atoms with E-state index in [-0.39, 0.29) is 11.9 Å². The first-order chi connectivity index (χ1) is 10.1. The minimum Gasteiger partial charge on any atom is -0.381 e. The van der Waals surface area contributed by atoms with E-state index in [0.717, 1.165) is 17.1 Å². The van der Waals surface area contributed by atoms with Crippen molar-refractivity contribution in [1.82, 2.24) is 4.90 Å². The lowest BCUT2D eigenvalue weighted by Gasteiger charge is -2.26. The number of nitrogens with one attached hydrogen (secondary N) is 1. The van der Waals surface area contributed by atoms with Crippen LogP contribution in [-0.4, -0.2) is 25.0 Å². The van der Waals surface area contributed by atoms with Crippen molar-refractivity contribution in [2.24, 2.45) is 0 Å².